The fourth-order valence-electron chi connectivity index (χ4n) is 4.02. The van der Waals surface area contributed by atoms with Crippen molar-refractivity contribution in [3.63, 3.8) is 0 Å². The number of rotatable bonds is 5. The third kappa shape index (κ3) is 3.51. The largest absolute Gasteiger partial charge is 0.351 e. The van der Waals surface area contributed by atoms with Crippen LogP contribution in [0.3, 0.4) is 0 Å². The zero-order chi connectivity index (χ0) is 20.5. The number of aromatic nitrogens is 5. The number of hydrogen-bond acceptors (Lipinski definition) is 5. The number of fused-ring (bicyclic) bond motifs is 1. The number of aryl methyl sites for hydroxylation is 1. The summed E-state index contributed by atoms with van der Waals surface area (Å²) in [6, 6.07) is 12.7. The number of anilines is 1. The zero-order valence-electron chi connectivity index (χ0n) is 16.8. The van der Waals surface area contributed by atoms with Crippen LogP contribution < -0.4 is 5.32 Å². The van der Waals surface area contributed by atoms with E-state index in [0.717, 1.165) is 36.0 Å². The van der Waals surface area contributed by atoms with Gasteiger partial charge in [-0.25, -0.2) is 19.3 Å². The Bertz CT molecular complexity index is 1180. The van der Waals surface area contributed by atoms with Crippen LogP contribution in [0, 0.1) is 5.82 Å². The van der Waals surface area contributed by atoms with Gasteiger partial charge < -0.3 is 5.32 Å². The van der Waals surface area contributed by atoms with E-state index in [2.05, 4.69) is 22.2 Å². The number of hydrogen-bond donors (Lipinski definition) is 1. The average molecular weight is 402 g/mol. The summed E-state index contributed by atoms with van der Waals surface area (Å²) in [6.45, 7) is 2.07. The van der Waals surface area contributed by atoms with E-state index in [1.54, 1.807) is 18.3 Å². The van der Waals surface area contributed by atoms with E-state index in [4.69, 9.17) is 9.97 Å². The summed E-state index contributed by atoms with van der Waals surface area (Å²) >= 11 is 0. The number of nitrogens with zero attached hydrogens (tertiary/aromatic N) is 5. The maximum Gasteiger partial charge on any atom is 0.224 e. The molecule has 7 heteroatoms. The first-order chi connectivity index (χ1) is 14.7. The standard InChI is InChI=1S/C23H23FN6/c1-2-17-11-12-19-21(26-17)29-22(15-7-9-16(24)10-8-15)30(19)20-13-14-25-23(28-20)27-18-5-3-4-6-18/h7-14,18H,2-6H2,1H3,(H,25,27,28). The van der Waals surface area contributed by atoms with Crippen molar-refractivity contribution < 1.29 is 4.39 Å². The van der Waals surface area contributed by atoms with Crippen molar-refractivity contribution in [3.8, 4) is 17.2 Å². The van der Waals surface area contributed by atoms with Gasteiger partial charge in [0.05, 0.1) is 5.52 Å². The summed E-state index contributed by atoms with van der Waals surface area (Å²) < 4.78 is 15.5. The van der Waals surface area contributed by atoms with Gasteiger partial charge in [-0.15, -0.1) is 0 Å². The molecule has 30 heavy (non-hydrogen) atoms. The molecule has 152 valence electrons. The number of nitrogens with one attached hydrogen (secondary N) is 1. The van der Waals surface area contributed by atoms with E-state index in [-0.39, 0.29) is 5.82 Å². The van der Waals surface area contributed by atoms with Crippen LogP contribution in [-0.2, 0) is 6.42 Å². The predicted octanol–water partition coefficient (Wildman–Crippen LogP) is 4.93. The molecule has 1 aliphatic carbocycles. The molecule has 0 amide bonds. The van der Waals surface area contributed by atoms with Crippen LogP contribution in [0.2, 0.25) is 0 Å². The zero-order valence-corrected chi connectivity index (χ0v) is 16.8. The van der Waals surface area contributed by atoms with Crippen molar-refractivity contribution >= 4 is 17.1 Å². The summed E-state index contributed by atoms with van der Waals surface area (Å²) in [5, 5.41) is 3.46. The monoisotopic (exact) mass is 402 g/mol. The van der Waals surface area contributed by atoms with Crippen LogP contribution in [0.25, 0.3) is 28.4 Å². The van der Waals surface area contributed by atoms with Crippen LogP contribution in [0.4, 0.5) is 10.3 Å². The Morgan fingerprint density at radius 2 is 1.80 bits per heavy atom. The van der Waals surface area contributed by atoms with Crippen molar-refractivity contribution in [2.75, 3.05) is 5.32 Å². The molecule has 5 rings (SSSR count). The van der Waals surface area contributed by atoms with Crippen molar-refractivity contribution in [2.24, 2.45) is 0 Å². The lowest BCUT2D eigenvalue weighted by atomic mass is 10.2. The molecule has 6 nitrogen and oxygen atoms in total. The van der Waals surface area contributed by atoms with Crippen LogP contribution in [-0.4, -0.2) is 30.5 Å². The summed E-state index contributed by atoms with van der Waals surface area (Å²) in [6.07, 6.45) is 7.36. The number of pyridine rings is 1. The number of halogens is 1. The average Bonchev–Trinajstić information content (AvgIpc) is 3.41. The second kappa shape index (κ2) is 7.82. The van der Waals surface area contributed by atoms with Crippen LogP contribution >= 0.6 is 0 Å². The lowest BCUT2D eigenvalue weighted by Gasteiger charge is -2.13. The molecule has 1 aromatic carbocycles. The van der Waals surface area contributed by atoms with Gasteiger partial charge in [-0.05, 0) is 61.7 Å². The molecule has 1 N–H and O–H groups in total. The lowest BCUT2D eigenvalue weighted by molar-refractivity contribution is 0.628. The van der Waals surface area contributed by atoms with Crippen molar-refractivity contribution in [2.45, 2.75) is 45.1 Å². The van der Waals surface area contributed by atoms with Gasteiger partial charge in [-0.1, -0.05) is 19.8 Å². The predicted molar refractivity (Wildman–Crippen MR) is 115 cm³/mol. The van der Waals surface area contributed by atoms with Crippen molar-refractivity contribution in [3.05, 3.63) is 60.2 Å². The molecular formula is C23H23FN6. The van der Waals surface area contributed by atoms with E-state index in [1.807, 2.05) is 22.8 Å². The molecule has 0 radical (unpaired) electrons. The Labute approximate surface area is 174 Å². The van der Waals surface area contributed by atoms with Crippen molar-refractivity contribution in [1.82, 2.24) is 24.5 Å². The topological polar surface area (TPSA) is 68.5 Å². The molecule has 3 aromatic heterocycles. The van der Waals surface area contributed by atoms with Gasteiger partial charge in [0.1, 0.15) is 17.5 Å². The first-order valence-electron chi connectivity index (χ1n) is 10.5. The molecule has 0 unspecified atom stereocenters. The highest BCUT2D eigenvalue weighted by Crippen LogP contribution is 2.28. The second-order valence-electron chi connectivity index (χ2n) is 7.64. The highest BCUT2D eigenvalue weighted by atomic mass is 19.1. The van der Waals surface area contributed by atoms with Gasteiger partial charge >= 0.3 is 0 Å². The molecule has 1 fully saturated rings. The Balaban J connectivity index is 1.65. The minimum atomic E-state index is -0.280. The third-order valence-corrected chi connectivity index (χ3v) is 5.60. The quantitative estimate of drug-likeness (QED) is 0.512. The summed E-state index contributed by atoms with van der Waals surface area (Å²) in [5.41, 5.74) is 3.29. The van der Waals surface area contributed by atoms with Gasteiger partial charge in [0.25, 0.3) is 0 Å². The van der Waals surface area contributed by atoms with E-state index >= 15 is 0 Å². The minimum Gasteiger partial charge on any atom is -0.351 e. The summed E-state index contributed by atoms with van der Waals surface area (Å²) in [7, 11) is 0. The van der Waals surface area contributed by atoms with E-state index in [9.17, 15) is 4.39 Å². The molecule has 1 saturated carbocycles. The normalized spacial score (nSPS) is 14.5. The Kier molecular flexibility index (Phi) is 4.86. The maximum atomic E-state index is 13.5. The van der Waals surface area contributed by atoms with Gasteiger partial charge in [0, 0.05) is 23.5 Å². The Hall–Kier alpha value is -3.35. The smallest absolute Gasteiger partial charge is 0.224 e. The second-order valence-corrected chi connectivity index (χ2v) is 7.64. The molecular weight excluding hydrogens is 379 g/mol. The molecule has 1 aliphatic rings. The summed E-state index contributed by atoms with van der Waals surface area (Å²) in [4.78, 5) is 18.7. The highest BCUT2D eigenvalue weighted by molar-refractivity contribution is 5.80. The molecule has 0 atom stereocenters. The van der Waals surface area contributed by atoms with Crippen LogP contribution in [0.5, 0.6) is 0 Å². The van der Waals surface area contributed by atoms with E-state index in [1.165, 1.54) is 25.0 Å². The van der Waals surface area contributed by atoms with Gasteiger partial charge in [-0.2, -0.15) is 4.98 Å². The molecule has 0 saturated heterocycles. The molecule has 0 spiro atoms. The first-order valence-corrected chi connectivity index (χ1v) is 10.5. The van der Waals surface area contributed by atoms with Crippen LogP contribution in [0.1, 0.15) is 38.3 Å². The maximum absolute atomic E-state index is 13.5. The van der Waals surface area contributed by atoms with Crippen LogP contribution in [0.15, 0.2) is 48.7 Å². The minimum absolute atomic E-state index is 0.280. The molecule has 0 bridgehead atoms. The van der Waals surface area contributed by atoms with Gasteiger partial charge in [-0.3, -0.25) is 4.57 Å². The molecule has 3 heterocycles. The summed E-state index contributed by atoms with van der Waals surface area (Å²) in [5.74, 6) is 1.72. The Morgan fingerprint density at radius 1 is 1.00 bits per heavy atom. The van der Waals surface area contributed by atoms with Gasteiger partial charge in [0.2, 0.25) is 5.95 Å². The van der Waals surface area contributed by atoms with Gasteiger partial charge in [0.15, 0.2) is 5.65 Å². The first kappa shape index (κ1) is 18.7. The van der Waals surface area contributed by atoms with Crippen molar-refractivity contribution in [1.29, 1.82) is 0 Å². The lowest BCUT2D eigenvalue weighted by Crippen LogP contribution is -2.17. The molecule has 4 aromatic rings. The highest BCUT2D eigenvalue weighted by Gasteiger charge is 2.19. The number of imidazole rings is 1. The van der Waals surface area contributed by atoms with E-state index < -0.39 is 0 Å². The third-order valence-electron chi connectivity index (χ3n) is 5.60. The fourth-order valence-corrected chi connectivity index (χ4v) is 4.02. The Morgan fingerprint density at radius 3 is 2.57 bits per heavy atom. The number of benzene rings is 1. The fraction of sp³-hybridized carbons (Fsp3) is 0.304. The SMILES string of the molecule is CCc1ccc2c(n1)nc(-c1ccc(F)cc1)n2-c1ccnc(NC2CCCC2)n1. The molecule has 0 aliphatic heterocycles. The van der Waals surface area contributed by atoms with E-state index in [0.29, 0.717) is 29.3 Å².